The summed E-state index contributed by atoms with van der Waals surface area (Å²) >= 11 is 4.81. The van der Waals surface area contributed by atoms with Crippen molar-refractivity contribution in [1.29, 1.82) is 0 Å². The monoisotopic (exact) mass is 306 g/mol. The van der Waals surface area contributed by atoms with E-state index in [0.29, 0.717) is 4.80 Å². The first-order valence-corrected chi connectivity index (χ1v) is 6.41. The first kappa shape index (κ1) is 13.4. The lowest BCUT2D eigenvalue weighted by molar-refractivity contribution is 0.0596. The maximum atomic E-state index is 11.5. The number of aromatic nitrogens is 1. The largest absolute Gasteiger partial charge is 0.442 e. The third kappa shape index (κ3) is 3.45. The summed E-state index contributed by atoms with van der Waals surface area (Å²) in [5.74, 6) is 0. The Morgan fingerprint density at radius 1 is 1.50 bits per heavy atom. The van der Waals surface area contributed by atoms with Crippen molar-refractivity contribution in [2.75, 3.05) is 0 Å². The molecule has 0 atom stereocenters. The van der Waals surface area contributed by atoms with Crippen LogP contribution < -0.4 is 4.80 Å². The van der Waals surface area contributed by atoms with Crippen LogP contribution in [0.3, 0.4) is 0 Å². The molecule has 0 aromatic carbocycles. The van der Waals surface area contributed by atoms with Crippen molar-refractivity contribution in [3.8, 4) is 0 Å². The van der Waals surface area contributed by atoms with Crippen LogP contribution in [0.5, 0.6) is 0 Å². The Kier molecular flexibility index (Phi) is 3.96. The smallest absolute Gasteiger partial charge is 0.436 e. The van der Waals surface area contributed by atoms with Crippen molar-refractivity contribution >= 4 is 33.4 Å². The molecule has 0 saturated carbocycles. The molecule has 0 aliphatic heterocycles. The number of halogens is 1. The second kappa shape index (κ2) is 4.71. The van der Waals surface area contributed by atoms with Gasteiger partial charge in [-0.2, -0.15) is 0 Å². The maximum Gasteiger partial charge on any atom is 0.436 e. The molecular formula is C10H15BrN2O2S. The lowest BCUT2D eigenvalue weighted by Crippen LogP contribution is -2.24. The van der Waals surface area contributed by atoms with Gasteiger partial charge in [0.1, 0.15) is 5.60 Å². The van der Waals surface area contributed by atoms with Crippen molar-refractivity contribution in [3.63, 3.8) is 0 Å². The number of ether oxygens (including phenoxy) is 1. The van der Waals surface area contributed by atoms with Crippen LogP contribution in [0.1, 0.15) is 26.5 Å². The molecule has 1 amide bonds. The van der Waals surface area contributed by atoms with Gasteiger partial charge in [0.05, 0.1) is 3.79 Å². The quantitative estimate of drug-likeness (QED) is 0.739. The zero-order chi connectivity index (χ0) is 12.5. The second-order valence-electron chi connectivity index (χ2n) is 4.39. The summed E-state index contributed by atoms with van der Waals surface area (Å²) in [6, 6.07) is 0. The van der Waals surface area contributed by atoms with E-state index < -0.39 is 11.7 Å². The van der Waals surface area contributed by atoms with Gasteiger partial charge in [0, 0.05) is 12.7 Å². The molecule has 0 radical (unpaired) electrons. The Labute approximate surface area is 107 Å². The van der Waals surface area contributed by atoms with E-state index >= 15 is 0 Å². The minimum absolute atomic E-state index is 0.511. The normalized spacial score (nSPS) is 13.0. The zero-order valence-electron chi connectivity index (χ0n) is 10.00. The van der Waals surface area contributed by atoms with Gasteiger partial charge in [-0.3, -0.25) is 0 Å². The molecule has 0 unspecified atom stereocenters. The minimum atomic E-state index is -0.558. The molecule has 0 spiro atoms. The van der Waals surface area contributed by atoms with Crippen molar-refractivity contribution in [3.05, 3.63) is 14.3 Å². The van der Waals surface area contributed by atoms with Crippen molar-refractivity contribution in [2.45, 2.75) is 33.3 Å². The Balaban J connectivity index is 3.01. The fourth-order valence-corrected chi connectivity index (χ4v) is 2.50. The highest BCUT2D eigenvalue weighted by Gasteiger charge is 2.16. The molecule has 6 heteroatoms. The van der Waals surface area contributed by atoms with Crippen molar-refractivity contribution < 1.29 is 9.53 Å². The lowest BCUT2D eigenvalue weighted by Gasteiger charge is -2.16. The molecule has 0 fully saturated rings. The number of thiazole rings is 1. The van der Waals surface area contributed by atoms with Gasteiger partial charge >= 0.3 is 6.09 Å². The number of hydrogen-bond donors (Lipinski definition) is 0. The summed E-state index contributed by atoms with van der Waals surface area (Å²) in [6.07, 6.45) is -0.558. The van der Waals surface area contributed by atoms with E-state index in [-0.39, 0.29) is 0 Å². The summed E-state index contributed by atoms with van der Waals surface area (Å²) in [5, 5.41) is 0. The highest BCUT2D eigenvalue weighted by atomic mass is 79.9. The first-order chi connectivity index (χ1) is 7.20. The van der Waals surface area contributed by atoms with Crippen molar-refractivity contribution in [2.24, 2.45) is 12.0 Å². The molecule has 0 aliphatic carbocycles. The molecule has 4 nitrogen and oxygen atoms in total. The van der Waals surface area contributed by atoms with Gasteiger partial charge in [-0.1, -0.05) is 11.3 Å². The molecule has 1 rings (SSSR count). The Morgan fingerprint density at radius 2 is 2.06 bits per heavy atom. The van der Waals surface area contributed by atoms with E-state index in [0.717, 1.165) is 9.48 Å². The number of amides is 1. The van der Waals surface area contributed by atoms with Crippen LogP contribution in [0, 0.1) is 6.92 Å². The number of nitrogens with zero attached hydrogens (tertiary/aromatic N) is 2. The number of carbonyl (C=O) groups is 1. The van der Waals surface area contributed by atoms with Gasteiger partial charge in [-0.25, -0.2) is 4.79 Å². The van der Waals surface area contributed by atoms with Crippen LogP contribution in [0.4, 0.5) is 4.79 Å². The van der Waals surface area contributed by atoms with Crippen LogP contribution >= 0.6 is 27.3 Å². The summed E-state index contributed by atoms with van der Waals surface area (Å²) < 4.78 is 7.93. The average molecular weight is 307 g/mol. The van der Waals surface area contributed by atoms with E-state index in [1.54, 1.807) is 0 Å². The fraction of sp³-hybridized carbons (Fsp3) is 0.600. The van der Waals surface area contributed by atoms with Gasteiger partial charge < -0.3 is 9.30 Å². The predicted molar refractivity (Wildman–Crippen MR) is 67.5 cm³/mol. The number of hydrogen-bond acceptors (Lipinski definition) is 3. The van der Waals surface area contributed by atoms with E-state index in [1.807, 2.05) is 39.3 Å². The zero-order valence-corrected chi connectivity index (χ0v) is 12.4. The average Bonchev–Trinajstić information content (AvgIpc) is 2.30. The predicted octanol–water partition coefficient (Wildman–Crippen LogP) is 2.99. The molecule has 0 saturated heterocycles. The number of carbonyl (C=O) groups excluding carboxylic acids is 1. The van der Waals surface area contributed by atoms with E-state index in [4.69, 9.17) is 4.74 Å². The van der Waals surface area contributed by atoms with Crippen molar-refractivity contribution in [1.82, 2.24) is 4.57 Å². The summed E-state index contributed by atoms with van der Waals surface area (Å²) in [5.41, 5.74) is 0.523. The molecule has 1 heterocycles. The molecule has 1 aromatic rings. The van der Waals surface area contributed by atoms with Gasteiger partial charge in [-0.15, -0.1) is 4.99 Å². The molecule has 16 heavy (non-hydrogen) atoms. The van der Waals surface area contributed by atoms with Gasteiger partial charge in [-0.05, 0) is 43.6 Å². The van der Waals surface area contributed by atoms with Gasteiger partial charge in [0.2, 0.25) is 0 Å². The van der Waals surface area contributed by atoms with Crippen LogP contribution in [0.15, 0.2) is 8.78 Å². The molecule has 0 N–H and O–H groups in total. The van der Waals surface area contributed by atoms with Gasteiger partial charge in [0.25, 0.3) is 0 Å². The fourth-order valence-electron chi connectivity index (χ4n) is 0.958. The number of rotatable bonds is 0. The molecular weight excluding hydrogens is 292 g/mol. The third-order valence-electron chi connectivity index (χ3n) is 1.84. The second-order valence-corrected chi connectivity index (χ2v) is 6.69. The third-order valence-corrected chi connectivity index (χ3v) is 3.92. The Morgan fingerprint density at radius 3 is 2.44 bits per heavy atom. The highest BCUT2D eigenvalue weighted by molar-refractivity contribution is 9.11. The van der Waals surface area contributed by atoms with Crippen LogP contribution in [0.2, 0.25) is 0 Å². The highest BCUT2D eigenvalue weighted by Crippen LogP contribution is 2.18. The van der Waals surface area contributed by atoms with E-state index in [1.165, 1.54) is 11.3 Å². The molecule has 1 aromatic heterocycles. The topological polar surface area (TPSA) is 43.6 Å². The van der Waals surface area contributed by atoms with Crippen LogP contribution in [0.25, 0.3) is 0 Å². The van der Waals surface area contributed by atoms with Crippen LogP contribution in [-0.2, 0) is 11.8 Å². The Hall–Kier alpha value is -0.620. The molecule has 90 valence electrons. The van der Waals surface area contributed by atoms with E-state index in [9.17, 15) is 4.79 Å². The Bertz CT molecular complexity index is 468. The molecule has 0 bridgehead atoms. The first-order valence-electron chi connectivity index (χ1n) is 4.80. The standard InChI is InChI=1S/C10H15BrN2O2S/c1-6-7(11)16-8(13(6)5)12-9(14)15-10(2,3)4/h1-5H3. The maximum absolute atomic E-state index is 11.5. The summed E-state index contributed by atoms with van der Waals surface area (Å²) in [4.78, 5) is 16.0. The van der Waals surface area contributed by atoms with E-state index in [2.05, 4.69) is 20.9 Å². The lowest BCUT2D eigenvalue weighted by atomic mass is 10.2. The van der Waals surface area contributed by atoms with Gasteiger partial charge in [0.15, 0.2) is 4.80 Å². The summed E-state index contributed by atoms with van der Waals surface area (Å²) in [6.45, 7) is 7.40. The summed E-state index contributed by atoms with van der Waals surface area (Å²) in [7, 11) is 1.86. The minimum Gasteiger partial charge on any atom is -0.442 e. The SMILES string of the molecule is Cc1c(Br)sc(=NC(=O)OC(C)(C)C)n1C. The molecule has 0 aliphatic rings. The van der Waals surface area contributed by atoms with Crippen LogP contribution in [-0.4, -0.2) is 16.3 Å².